The number of aromatic amines is 1. The zero-order valence-electron chi connectivity index (χ0n) is 7.86. The minimum absolute atomic E-state index is 0.294. The van der Waals surface area contributed by atoms with Crippen LogP contribution in [0.3, 0.4) is 0 Å². The summed E-state index contributed by atoms with van der Waals surface area (Å²) in [6.07, 6.45) is 2.02. The number of aromatic nitrogens is 2. The Morgan fingerprint density at radius 1 is 1.73 bits per heavy atom. The number of nitrogens with two attached hydrogens (primary N) is 1. The lowest BCUT2D eigenvalue weighted by atomic mass is 10.4. The summed E-state index contributed by atoms with van der Waals surface area (Å²) < 4.78 is 1.16. The van der Waals surface area contributed by atoms with Gasteiger partial charge in [0.2, 0.25) is 0 Å². The van der Waals surface area contributed by atoms with Crippen molar-refractivity contribution < 1.29 is 0 Å². The molecule has 1 unspecified atom stereocenters. The van der Waals surface area contributed by atoms with Crippen molar-refractivity contribution in [2.75, 3.05) is 0 Å². The Hall–Kier alpha value is -2.31. The zero-order chi connectivity index (χ0) is 11.4. The van der Waals surface area contributed by atoms with Crippen LogP contribution in [0.2, 0.25) is 0 Å². The molecule has 0 saturated carbocycles. The minimum atomic E-state index is -0.660. The van der Waals surface area contributed by atoms with Crippen LogP contribution in [-0.4, -0.2) is 15.5 Å². The van der Waals surface area contributed by atoms with E-state index in [9.17, 15) is 9.59 Å². The highest BCUT2D eigenvalue weighted by atomic mass is 16.2. The van der Waals surface area contributed by atoms with Crippen molar-refractivity contribution in [3.63, 3.8) is 0 Å². The second-order valence-corrected chi connectivity index (χ2v) is 2.76. The van der Waals surface area contributed by atoms with Crippen molar-refractivity contribution in [1.29, 1.82) is 5.41 Å². The maximum Gasteiger partial charge on any atom is 0.330 e. The van der Waals surface area contributed by atoms with Gasteiger partial charge in [-0.25, -0.2) is 4.79 Å². The molecule has 1 aromatic rings. The molecule has 7 heteroatoms. The maximum atomic E-state index is 11.3. The van der Waals surface area contributed by atoms with E-state index in [0.717, 1.165) is 4.57 Å². The Balaban J connectivity index is 3.12. The van der Waals surface area contributed by atoms with E-state index in [4.69, 9.17) is 11.1 Å². The van der Waals surface area contributed by atoms with Crippen LogP contribution < -0.4 is 22.3 Å². The largest absolute Gasteiger partial charge is 0.370 e. The topological polar surface area (TPSA) is 117 Å². The molecule has 0 saturated heterocycles. The Labute approximate surface area is 84.7 Å². The lowest BCUT2D eigenvalue weighted by Gasteiger charge is -2.16. The summed E-state index contributed by atoms with van der Waals surface area (Å²) in [6.45, 7) is 3.49. The Morgan fingerprint density at radius 2 is 2.40 bits per heavy atom. The third kappa shape index (κ3) is 2.56. The average Bonchev–Trinajstić information content (AvgIpc) is 2.14. The lowest BCUT2D eigenvalue weighted by Crippen LogP contribution is -2.41. The van der Waals surface area contributed by atoms with Gasteiger partial charge in [0.1, 0.15) is 6.17 Å². The number of nitrogens with zero attached hydrogens (tertiary/aromatic N) is 1. The van der Waals surface area contributed by atoms with Crippen molar-refractivity contribution in [2.45, 2.75) is 6.17 Å². The minimum Gasteiger partial charge on any atom is -0.370 e. The standard InChI is InChI=1S/C8H11N5O2/c1-2-5(11-7(9)10)13-4-3-6(14)12-8(13)15/h2-5H,1H2,(H4,9,10,11)(H,12,14,15). The fourth-order valence-corrected chi connectivity index (χ4v) is 1.05. The molecular formula is C8H11N5O2. The van der Waals surface area contributed by atoms with Crippen LogP contribution in [0.25, 0.3) is 0 Å². The van der Waals surface area contributed by atoms with Crippen LogP contribution >= 0.6 is 0 Å². The Bertz CT molecular complexity index is 486. The number of nitrogens with one attached hydrogen (secondary N) is 3. The molecule has 1 rings (SSSR count). The molecule has 1 aromatic heterocycles. The summed E-state index contributed by atoms with van der Waals surface area (Å²) in [5, 5.41) is 9.51. The first-order valence-electron chi connectivity index (χ1n) is 4.09. The number of H-pyrrole nitrogens is 1. The summed E-state index contributed by atoms with van der Waals surface area (Å²) in [7, 11) is 0. The highest BCUT2D eigenvalue weighted by molar-refractivity contribution is 5.74. The summed E-state index contributed by atoms with van der Waals surface area (Å²) in [4.78, 5) is 24.2. The molecule has 0 radical (unpaired) electrons. The molecule has 0 fully saturated rings. The first-order chi connectivity index (χ1) is 7.04. The lowest BCUT2D eigenvalue weighted by molar-refractivity contribution is 0.534. The normalized spacial score (nSPS) is 11.7. The van der Waals surface area contributed by atoms with Crippen molar-refractivity contribution in [2.24, 2.45) is 5.73 Å². The highest BCUT2D eigenvalue weighted by Crippen LogP contribution is 1.96. The average molecular weight is 209 g/mol. The number of rotatable bonds is 3. The fourth-order valence-electron chi connectivity index (χ4n) is 1.05. The van der Waals surface area contributed by atoms with Gasteiger partial charge in [0.15, 0.2) is 5.96 Å². The van der Waals surface area contributed by atoms with Gasteiger partial charge in [0, 0.05) is 12.3 Å². The second-order valence-electron chi connectivity index (χ2n) is 2.76. The molecule has 5 N–H and O–H groups in total. The van der Waals surface area contributed by atoms with E-state index in [0.29, 0.717) is 0 Å². The van der Waals surface area contributed by atoms with E-state index in [1.807, 2.05) is 0 Å². The van der Waals surface area contributed by atoms with E-state index < -0.39 is 17.4 Å². The number of hydrogen-bond acceptors (Lipinski definition) is 3. The first-order valence-corrected chi connectivity index (χ1v) is 4.09. The summed E-state index contributed by atoms with van der Waals surface area (Å²) >= 11 is 0. The third-order valence-electron chi connectivity index (χ3n) is 1.68. The summed E-state index contributed by atoms with van der Waals surface area (Å²) in [5.41, 5.74) is 4.04. The van der Waals surface area contributed by atoms with Gasteiger partial charge >= 0.3 is 5.69 Å². The van der Waals surface area contributed by atoms with Gasteiger partial charge in [0.05, 0.1) is 0 Å². The predicted octanol–water partition coefficient (Wildman–Crippen LogP) is -1.30. The van der Waals surface area contributed by atoms with E-state index >= 15 is 0 Å². The van der Waals surface area contributed by atoms with Crippen LogP contribution in [0.4, 0.5) is 0 Å². The number of guanidine groups is 1. The molecule has 0 bridgehead atoms. The highest BCUT2D eigenvalue weighted by Gasteiger charge is 2.07. The molecule has 1 atom stereocenters. The zero-order valence-corrected chi connectivity index (χ0v) is 7.86. The molecule has 0 aliphatic heterocycles. The van der Waals surface area contributed by atoms with Crippen molar-refractivity contribution >= 4 is 5.96 Å². The van der Waals surface area contributed by atoms with Crippen LogP contribution in [0, 0.1) is 5.41 Å². The molecule has 80 valence electrons. The third-order valence-corrected chi connectivity index (χ3v) is 1.68. The quantitative estimate of drug-likeness (QED) is 0.281. The molecule has 1 heterocycles. The van der Waals surface area contributed by atoms with Gasteiger partial charge in [-0.1, -0.05) is 6.58 Å². The van der Waals surface area contributed by atoms with E-state index in [1.54, 1.807) is 0 Å². The van der Waals surface area contributed by atoms with Crippen molar-refractivity contribution in [3.8, 4) is 0 Å². The summed E-state index contributed by atoms with van der Waals surface area (Å²) in [6, 6.07) is 1.19. The van der Waals surface area contributed by atoms with Gasteiger partial charge in [-0.15, -0.1) is 0 Å². The van der Waals surface area contributed by atoms with Gasteiger partial charge < -0.3 is 11.1 Å². The molecule has 0 aliphatic rings. The van der Waals surface area contributed by atoms with E-state index in [-0.39, 0.29) is 5.96 Å². The molecule has 15 heavy (non-hydrogen) atoms. The molecule has 7 nitrogen and oxygen atoms in total. The summed E-state index contributed by atoms with van der Waals surface area (Å²) in [5.74, 6) is -0.294. The van der Waals surface area contributed by atoms with Crippen LogP contribution in [0.5, 0.6) is 0 Å². The SMILES string of the molecule is C=CC(NC(=N)N)n1ccc(=O)[nH]c1=O. The first kappa shape index (κ1) is 10.8. The van der Waals surface area contributed by atoms with Gasteiger partial charge in [-0.2, -0.15) is 0 Å². The smallest absolute Gasteiger partial charge is 0.330 e. The molecule has 0 spiro atoms. The maximum absolute atomic E-state index is 11.3. The van der Waals surface area contributed by atoms with E-state index in [1.165, 1.54) is 18.3 Å². The monoisotopic (exact) mass is 209 g/mol. The molecule has 0 aromatic carbocycles. The van der Waals surface area contributed by atoms with Gasteiger partial charge in [-0.3, -0.25) is 19.8 Å². The molecule has 0 aliphatic carbocycles. The van der Waals surface area contributed by atoms with Crippen LogP contribution in [0.1, 0.15) is 6.17 Å². The van der Waals surface area contributed by atoms with Crippen molar-refractivity contribution in [1.82, 2.24) is 14.9 Å². The van der Waals surface area contributed by atoms with Gasteiger partial charge in [0.25, 0.3) is 5.56 Å². The Morgan fingerprint density at radius 3 is 2.87 bits per heavy atom. The fraction of sp³-hybridized carbons (Fsp3) is 0.125. The predicted molar refractivity (Wildman–Crippen MR) is 55.6 cm³/mol. The van der Waals surface area contributed by atoms with E-state index in [2.05, 4.69) is 16.9 Å². The van der Waals surface area contributed by atoms with Crippen LogP contribution in [0.15, 0.2) is 34.5 Å². The Kier molecular flexibility index (Phi) is 3.06. The van der Waals surface area contributed by atoms with Crippen LogP contribution in [-0.2, 0) is 0 Å². The molecular weight excluding hydrogens is 198 g/mol. The molecule has 0 amide bonds. The number of hydrogen-bond donors (Lipinski definition) is 4. The van der Waals surface area contributed by atoms with Gasteiger partial charge in [-0.05, 0) is 6.08 Å². The van der Waals surface area contributed by atoms with Crippen molar-refractivity contribution in [3.05, 3.63) is 45.8 Å². The second kappa shape index (κ2) is 4.27.